The summed E-state index contributed by atoms with van der Waals surface area (Å²) in [5.41, 5.74) is 1.30. The maximum atomic E-state index is 14.0. The summed E-state index contributed by atoms with van der Waals surface area (Å²) in [6.45, 7) is -0.282. The highest BCUT2D eigenvalue weighted by Gasteiger charge is 2.35. The summed E-state index contributed by atoms with van der Waals surface area (Å²) in [5.74, 6) is -1.93. The second-order valence-electron chi connectivity index (χ2n) is 6.27. The van der Waals surface area contributed by atoms with E-state index in [9.17, 15) is 18.4 Å². The van der Waals surface area contributed by atoms with Gasteiger partial charge in [-0.15, -0.1) is 0 Å². The van der Waals surface area contributed by atoms with Crippen LogP contribution in [-0.4, -0.2) is 23.3 Å². The molecular formula is C20H13BrF2N2O3. The van der Waals surface area contributed by atoms with Crippen LogP contribution in [0.1, 0.15) is 27.7 Å². The topological polar surface area (TPSA) is 62.6 Å². The summed E-state index contributed by atoms with van der Waals surface area (Å²) < 4.78 is 33.2. The van der Waals surface area contributed by atoms with Crippen molar-refractivity contribution in [3.63, 3.8) is 0 Å². The molecule has 0 saturated carbocycles. The Bertz CT molecular complexity index is 1070. The molecule has 1 aromatic heterocycles. The Labute approximate surface area is 167 Å². The van der Waals surface area contributed by atoms with Crippen molar-refractivity contribution in [1.29, 1.82) is 0 Å². The van der Waals surface area contributed by atoms with Gasteiger partial charge in [0.15, 0.2) is 10.4 Å². The predicted molar refractivity (Wildman–Crippen MR) is 101 cm³/mol. The number of furan rings is 1. The van der Waals surface area contributed by atoms with Crippen molar-refractivity contribution in [3.8, 4) is 0 Å². The van der Waals surface area contributed by atoms with E-state index in [1.165, 1.54) is 53.4 Å². The third-order valence-electron chi connectivity index (χ3n) is 4.44. The van der Waals surface area contributed by atoms with Gasteiger partial charge in [0.1, 0.15) is 18.2 Å². The van der Waals surface area contributed by atoms with E-state index in [4.69, 9.17) is 4.42 Å². The van der Waals surface area contributed by atoms with Crippen LogP contribution in [0, 0.1) is 11.6 Å². The van der Waals surface area contributed by atoms with Crippen molar-refractivity contribution in [3.05, 3.63) is 87.8 Å². The largest absolute Gasteiger partial charge is 0.444 e. The third kappa shape index (κ3) is 3.43. The first-order valence-corrected chi connectivity index (χ1v) is 9.13. The van der Waals surface area contributed by atoms with Crippen molar-refractivity contribution >= 4 is 33.4 Å². The highest BCUT2D eigenvalue weighted by atomic mass is 79.9. The first-order valence-electron chi connectivity index (χ1n) is 8.33. The SMILES string of the molecule is O=C1CN(C(=O)c2ccc(Br)o2)[C@@H](c2ccc(F)cc2)c2cc(F)ccc2N1. The molecule has 1 aliphatic heterocycles. The molecule has 0 bridgehead atoms. The van der Waals surface area contributed by atoms with Crippen LogP contribution in [0.5, 0.6) is 0 Å². The van der Waals surface area contributed by atoms with E-state index in [0.717, 1.165) is 0 Å². The zero-order chi connectivity index (χ0) is 19.8. The second-order valence-corrected chi connectivity index (χ2v) is 7.05. The lowest BCUT2D eigenvalue weighted by molar-refractivity contribution is -0.117. The second kappa shape index (κ2) is 7.20. The summed E-state index contributed by atoms with van der Waals surface area (Å²) in [7, 11) is 0. The highest BCUT2D eigenvalue weighted by Crippen LogP contribution is 2.37. The number of fused-ring (bicyclic) bond motifs is 1. The Kier molecular flexibility index (Phi) is 4.72. The number of nitrogens with one attached hydrogen (secondary N) is 1. The van der Waals surface area contributed by atoms with E-state index in [0.29, 0.717) is 21.5 Å². The van der Waals surface area contributed by atoms with Gasteiger partial charge in [0.2, 0.25) is 5.91 Å². The van der Waals surface area contributed by atoms with Crippen LogP contribution in [0.15, 0.2) is 63.7 Å². The summed E-state index contributed by atoms with van der Waals surface area (Å²) in [5, 5.41) is 2.69. The highest BCUT2D eigenvalue weighted by molar-refractivity contribution is 9.10. The van der Waals surface area contributed by atoms with Gasteiger partial charge in [-0.05, 0) is 64.0 Å². The van der Waals surface area contributed by atoms with Gasteiger partial charge in [-0.25, -0.2) is 8.78 Å². The van der Waals surface area contributed by atoms with Crippen LogP contribution in [0.4, 0.5) is 14.5 Å². The quantitative estimate of drug-likeness (QED) is 0.629. The molecule has 2 heterocycles. The molecule has 3 aromatic rings. The molecule has 28 heavy (non-hydrogen) atoms. The lowest BCUT2D eigenvalue weighted by atomic mass is 9.95. The van der Waals surface area contributed by atoms with Crippen molar-refractivity contribution in [2.75, 3.05) is 11.9 Å². The van der Waals surface area contributed by atoms with Crippen molar-refractivity contribution in [2.45, 2.75) is 6.04 Å². The predicted octanol–water partition coefficient (Wildman–Crippen LogP) is 4.50. The molecule has 0 spiro atoms. The van der Waals surface area contributed by atoms with E-state index in [2.05, 4.69) is 21.2 Å². The lowest BCUT2D eigenvalue weighted by Gasteiger charge is -2.30. The van der Waals surface area contributed by atoms with Crippen LogP contribution >= 0.6 is 15.9 Å². The number of nitrogens with zero attached hydrogens (tertiary/aromatic N) is 1. The number of carbonyl (C=O) groups is 2. The van der Waals surface area contributed by atoms with Crippen LogP contribution < -0.4 is 5.32 Å². The third-order valence-corrected chi connectivity index (χ3v) is 4.86. The number of rotatable bonds is 2. The maximum Gasteiger partial charge on any atom is 0.290 e. The van der Waals surface area contributed by atoms with Gasteiger partial charge >= 0.3 is 0 Å². The molecular weight excluding hydrogens is 434 g/mol. The van der Waals surface area contributed by atoms with E-state index in [-0.39, 0.29) is 12.3 Å². The molecule has 142 valence electrons. The number of carbonyl (C=O) groups excluding carboxylic acids is 2. The van der Waals surface area contributed by atoms with Gasteiger partial charge in [0.05, 0.1) is 6.04 Å². The zero-order valence-electron chi connectivity index (χ0n) is 14.3. The Morgan fingerprint density at radius 2 is 1.79 bits per heavy atom. The molecule has 2 aromatic carbocycles. The average molecular weight is 447 g/mol. The zero-order valence-corrected chi connectivity index (χ0v) is 15.9. The van der Waals surface area contributed by atoms with E-state index in [1.54, 1.807) is 6.07 Å². The first-order chi connectivity index (χ1) is 13.4. The van der Waals surface area contributed by atoms with Gasteiger partial charge in [0, 0.05) is 11.3 Å². The fourth-order valence-corrected chi connectivity index (χ4v) is 3.55. The molecule has 4 rings (SSSR count). The number of hydrogen-bond acceptors (Lipinski definition) is 3. The molecule has 0 saturated heterocycles. The Morgan fingerprint density at radius 1 is 1.07 bits per heavy atom. The molecule has 2 amide bonds. The van der Waals surface area contributed by atoms with Gasteiger partial charge in [0.25, 0.3) is 5.91 Å². The standard InChI is InChI=1S/C20H13BrF2N2O3/c21-17-8-7-16(28-17)20(27)25-10-18(26)24-15-6-5-13(23)9-14(15)19(25)11-1-3-12(22)4-2-11/h1-9,19H,10H2,(H,24,26)/t19-/m0/s1. The van der Waals surface area contributed by atoms with Gasteiger partial charge in [-0.2, -0.15) is 0 Å². The first kappa shape index (κ1) is 18.4. The van der Waals surface area contributed by atoms with E-state index >= 15 is 0 Å². The normalized spacial score (nSPS) is 16.3. The fourth-order valence-electron chi connectivity index (χ4n) is 3.24. The maximum absolute atomic E-state index is 14.0. The average Bonchev–Trinajstić information content (AvgIpc) is 3.04. The Balaban J connectivity index is 1.89. The molecule has 1 atom stereocenters. The Hall–Kier alpha value is -3.00. The van der Waals surface area contributed by atoms with Gasteiger partial charge in [-0.1, -0.05) is 12.1 Å². The monoisotopic (exact) mass is 446 g/mol. The van der Waals surface area contributed by atoms with E-state index < -0.39 is 29.5 Å². The minimum Gasteiger partial charge on any atom is -0.444 e. The molecule has 0 radical (unpaired) electrons. The van der Waals surface area contributed by atoms with Crippen LogP contribution in [0.3, 0.4) is 0 Å². The summed E-state index contributed by atoms with van der Waals surface area (Å²) in [6.07, 6.45) is 0. The Morgan fingerprint density at radius 3 is 2.46 bits per heavy atom. The van der Waals surface area contributed by atoms with Gasteiger partial charge < -0.3 is 14.6 Å². The molecule has 1 N–H and O–H groups in total. The molecule has 5 nitrogen and oxygen atoms in total. The van der Waals surface area contributed by atoms with Crippen LogP contribution in [0.2, 0.25) is 0 Å². The molecule has 0 aliphatic carbocycles. The van der Waals surface area contributed by atoms with Crippen LogP contribution in [0.25, 0.3) is 0 Å². The smallest absolute Gasteiger partial charge is 0.290 e. The van der Waals surface area contributed by atoms with Crippen molar-refractivity contribution < 1.29 is 22.8 Å². The number of hydrogen-bond donors (Lipinski definition) is 1. The number of benzene rings is 2. The number of halogens is 3. The molecule has 1 aliphatic rings. The molecule has 0 unspecified atom stereocenters. The van der Waals surface area contributed by atoms with E-state index in [1.807, 2.05) is 0 Å². The van der Waals surface area contributed by atoms with Crippen molar-refractivity contribution in [1.82, 2.24) is 4.90 Å². The number of anilines is 1. The van der Waals surface area contributed by atoms with Gasteiger partial charge in [-0.3, -0.25) is 9.59 Å². The van der Waals surface area contributed by atoms with Crippen molar-refractivity contribution in [2.24, 2.45) is 0 Å². The minimum absolute atomic E-state index is 0.0200. The lowest BCUT2D eigenvalue weighted by Crippen LogP contribution is -2.38. The van der Waals surface area contributed by atoms with Crippen LogP contribution in [-0.2, 0) is 4.79 Å². The summed E-state index contributed by atoms with van der Waals surface area (Å²) in [4.78, 5) is 26.8. The minimum atomic E-state index is -0.818. The summed E-state index contributed by atoms with van der Waals surface area (Å²) in [6, 6.07) is 11.6. The summed E-state index contributed by atoms with van der Waals surface area (Å²) >= 11 is 3.15. The fraction of sp³-hybridized carbons (Fsp3) is 0.100. The molecule has 8 heteroatoms. The number of amides is 2. The molecule has 0 fully saturated rings.